The quantitative estimate of drug-likeness (QED) is 0.336. The molecule has 0 amide bonds. The molecule has 1 rings (SSSR count). The van der Waals surface area contributed by atoms with Crippen molar-refractivity contribution < 1.29 is 9.53 Å². The van der Waals surface area contributed by atoms with Gasteiger partial charge in [0.15, 0.2) is 0 Å². The second-order valence-electron chi connectivity index (χ2n) is 2.91. The van der Waals surface area contributed by atoms with E-state index < -0.39 is 0 Å². The van der Waals surface area contributed by atoms with Crippen molar-refractivity contribution in [1.29, 1.82) is 0 Å². The van der Waals surface area contributed by atoms with Crippen molar-refractivity contribution in [2.75, 3.05) is 34.3 Å². The lowest BCUT2D eigenvalue weighted by Gasteiger charge is -2.17. The van der Waals surface area contributed by atoms with Crippen molar-refractivity contribution in [3.8, 4) is 0 Å². The number of hydrogen-bond donors (Lipinski definition) is 0. The van der Waals surface area contributed by atoms with Crippen LogP contribution in [-0.2, 0) is 9.53 Å². The standard InChI is InChI=1S/C8H14N2O2/c1-9(2)7(10-4-5-10)6-8(11)12-3/h6H,4-5H2,1-3H3. The number of ether oxygens (including phenoxy) is 1. The third-order valence-electron chi connectivity index (χ3n) is 1.68. The van der Waals surface area contributed by atoms with Gasteiger partial charge in [-0.25, -0.2) is 4.79 Å². The number of esters is 1. The maximum atomic E-state index is 10.9. The highest BCUT2D eigenvalue weighted by Crippen LogP contribution is 2.15. The van der Waals surface area contributed by atoms with Gasteiger partial charge in [-0.05, 0) is 0 Å². The molecule has 0 bridgehead atoms. The maximum Gasteiger partial charge on any atom is 0.334 e. The predicted octanol–water partition coefficient (Wildman–Crippen LogP) is -0.122. The SMILES string of the molecule is COC(=O)C=C(N(C)C)N1CC1. The van der Waals surface area contributed by atoms with E-state index in [4.69, 9.17) is 0 Å². The van der Waals surface area contributed by atoms with E-state index in [0.29, 0.717) is 0 Å². The van der Waals surface area contributed by atoms with Crippen LogP contribution in [0.25, 0.3) is 0 Å². The third-order valence-corrected chi connectivity index (χ3v) is 1.68. The van der Waals surface area contributed by atoms with Gasteiger partial charge in [0, 0.05) is 27.2 Å². The first-order valence-corrected chi connectivity index (χ1v) is 3.87. The monoisotopic (exact) mass is 170 g/mol. The molecular formula is C8H14N2O2. The summed E-state index contributed by atoms with van der Waals surface area (Å²) in [6, 6.07) is 0. The molecule has 0 aromatic rings. The Balaban J connectivity index is 2.63. The summed E-state index contributed by atoms with van der Waals surface area (Å²) >= 11 is 0. The molecule has 1 heterocycles. The minimum atomic E-state index is -0.300. The summed E-state index contributed by atoms with van der Waals surface area (Å²) in [6.45, 7) is 2.06. The Bertz CT molecular complexity index is 203. The van der Waals surface area contributed by atoms with Crippen molar-refractivity contribution in [3.05, 3.63) is 11.9 Å². The molecule has 0 N–H and O–H groups in total. The molecule has 0 unspecified atom stereocenters. The highest BCUT2D eigenvalue weighted by atomic mass is 16.5. The number of nitrogens with zero attached hydrogens (tertiary/aromatic N) is 2. The first kappa shape index (κ1) is 8.90. The highest BCUT2D eigenvalue weighted by Gasteiger charge is 2.22. The lowest BCUT2D eigenvalue weighted by atomic mass is 10.5. The maximum absolute atomic E-state index is 10.9. The molecule has 0 aliphatic carbocycles. The largest absolute Gasteiger partial charge is 0.466 e. The molecule has 1 aliphatic rings. The fourth-order valence-corrected chi connectivity index (χ4v) is 0.947. The van der Waals surface area contributed by atoms with Gasteiger partial charge in [0.05, 0.1) is 13.2 Å². The molecule has 0 radical (unpaired) electrons. The lowest BCUT2D eigenvalue weighted by molar-refractivity contribution is -0.135. The smallest absolute Gasteiger partial charge is 0.334 e. The fraction of sp³-hybridized carbons (Fsp3) is 0.625. The zero-order valence-electron chi connectivity index (χ0n) is 7.70. The van der Waals surface area contributed by atoms with Crippen molar-refractivity contribution >= 4 is 5.97 Å². The number of hydrogen-bond acceptors (Lipinski definition) is 4. The van der Waals surface area contributed by atoms with Crippen LogP contribution >= 0.6 is 0 Å². The summed E-state index contributed by atoms with van der Waals surface area (Å²) in [6.07, 6.45) is 1.51. The summed E-state index contributed by atoms with van der Waals surface area (Å²) in [5, 5.41) is 0. The van der Waals surface area contributed by atoms with Crippen LogP contribution in [0, 0.1) is 0 Å². The van der Waals surface area contributed by atoms with E-state index in [-0.39, 0.29) is 5.97 Å². The minimum absolute atomic E-state index is 0.300. The average Bonchev–Trinajstić information content (AvgIpc) is 2.81. The van der Waals surface area contributed by atoms with Crippen LogP contribution < -0.4 is 0 Å². The van der Waals surface area contributed by atoms with Crippen molar-refractivity contribution in [2.45, 2.75) is 0 Å². The summed E-state index contributed by atoms with van der Waals surface area (Å²) in [5.74, 6) is 0.618. The lowest BCUT2D eigenvalue weighted by Crippen LogP contribution is -2.19. The Morgan fingerprint density at radius 2 is 2.08 bits per heavy atom. The molecule has 0 saturated carbocycles. The van der Waals surface area contributed by atoms with Gasteiger partial charge in [-0.3, -0.25) is 0 Å². The normalized spacial score (nSPS) is 15.9. The Labute approximate surface area is 72.4 Å². The highest BCUT2D eigenvalue weighted by molar-refractivity contribution is 5.82. The summed E-state index contributed by atoms with van der Waals surface area (Å²) in [4.78, 5) is 14.9. The van der Waals surface area contributed by atoms with E-state index in [0.717, 1.165) is 18.9 Å². The fourth-order valence-electron chi connectivity index (χ4n) is 0.947. The van der Waals surface area contributed by atoms with Gasteiger partial charge < -0.3 is 14.5 Å². The van der Waals surface area contributed by atoms with Crippen molar-refractivity contribution in [2.24, 2.45) is 0 Å². The summed E-state index contributed by atoms with van der Waals surface area (Å²) < 4.78 is 4.54. The van der Waals surface area contributed by atoms with E-state index in [9.17, 15) is 4.79 Å². The van der Waals surface area contributed by atoms with Gasteiger partial charge in [-0.1, -0.05) is 0 Å². The second-order valence-corrected chi connectivity index (χ2v) is 2.91. The van der Waals surface area contributed by atoms with Gasteiger partial charge in [0.1, 0.15) is 5.82 Å². The Kier molecular flexibility index (Phi) is 2.58. The third kappa shape index (κ3) is 2.15. The number of carbonyl (C=O) groups excluding carboxylic acids is 1. The molecule has 1 saturated heterocycles. The molecule has 4 heteroatoms. The van der Waals surface area contributed by atoms with E-state index in [1.165, 1.54) is 13.2 Å². The molecule has 68 valence electrons. The molecule has 0 atom stereocenters. The number of methoxy groups -OCH3 is 1. The molecule has 1 fully saturated rings. The molecule has 0 aromatic carbocycles. The average molecular weight is 170 g/mol. The minimum Gasteiger partial charge on any atom is -0.466 e. The summed E-state index contributed by atoms with van der Waals surface area (Å²) in [7, 11) is 5.20. The van der Waals surface area contributed by atoms with Gasteiger partial charge >= 0.3 is 5.97 Å². The molecule has 12 heavy (non-hydrogen) atoms. The van der Waals surface area contributed by atoms with Crippen LogP contribution in [-0.4, -0.2) is 50.1 Å². The van der Waals surface area contributed by atoms with Gasteiger partial charge in [-0.2, -0.15) is 0 Å². The number of rotatable bonds is 3. The van der Waals surface area contributed by atoms with Crippen LogP contribution in [0.15, 0.2) is 11.9 Å². The van der Waals surface area contributed by atoms with Crippen molar-refractivity contribution in [1.82, 2.24) is 9.80 Å². The first-order chi connectivity index (χ1) is 5.65. The Morgan fingerprint density at radius 1 is 1.50 bits per heavy atom. The number of carbonyl (C=O) groups is 1. The molecule has 0 aromatic heterocycles. The van der Waals surface area contributed by atoms with E-state index >= 15 is 0 Å². The van der Waals surface area contributed by atoms with Gasteiger partial charge in [-0.15, -0.1) is 0 Å². The molecular weight excluding hydrogens is 156 g/mol. The van der Waals surface area contributed by atoms with Crippen LogP contribution in [0.3, 0.4) is 0 Å². The Hall–Kier alpha value is -1.19. The topological polar surface area (TPSA) is 32.5 Å². The summed E-state index contributed by atoms with van der Waals surface area (Å²) in [5.41, 5.74) is 0. The second kappa shape index (κ2) is 3.47. The molecule has 0 spiro atoms. The first-order valence-electron chi connectivity index (χ1n) is 3.87. The van der Waals surface area contributed by atoms with Crippen LogP contribution in [0.5, 0.6) is 0 Å². The van der Waals surface area contributed by atoms with E-state index in [1.54, 1.807) is 0 Å². The Morgan fingerprint density at radius 3 is 2.42 bits per heavy atom. The molecule has 1 aliphatic heterocycles. The van der Waals surface area contributed by atoms with E-state index in [1.807, 2.05) is 19.0 Å². The molecule has 4 nitrogen and oxygen atoms in total. The van der Waals surface area contributed by atoms with Crippen LogP contribution in [0.2, 0.25) is 0 Å². The van der Waals surface area contributed by atoms with Crippen molar-refractivity contribution in [3.63, 3.8) is 0 Å². The van der Waals surface area contributed by atoms with Crippen LogP contribution in [0.1, 0.15) is 0 Å². The van der Waals surface area contributed by atoms with Gasteiger partial charge in [0.25, 0.3) is 0 Å². The van der Waals surface area contributed by atoms with Crippen LogP contribution in [0.4, 0.5) is 0 Å². The van der Waals surface area contributed by atoms with Gasteiger partial charge in [0.2, 0.25) is 0 Å². The zero-order valence-corrected chi connectivity index (χ0v) is 7.70. The zero-order chi connectivity index (χ0) is 9.14. The predicted molar refractivity (Wildman–Crippen MR) is 45.4 cm³/mol. The van der Waals surface area contributed by atoms with E-state index in [2.05, 4.69) is 9.64 Å².